The zero-order valence-electron chi connectivity index (χ0n) is 23.1. The molecule has 5 rings (SSSR count). The lowest BCUT2D eigenvalue weighted by Crippen LogP contribution is -2.51. The number of nitrogens with two attached hydrogens (primary N) is 1. The number of carboxylic acid groups (broad SMARTS) is 1. The number of carbonyl (C=O) groups is 2. The summed E-state index contributed by atoms with van der Waals surface area (Å²) in [7, 11) is 1.53. The van der Waals surface area contributed by atoms with Crippen molar-refractivity contribution in [1.82, 2.24) is 4.90 Å². The molecule has 0 saturated carbocycles. The Labute approximate surface area is 244 Å². The third-order valence-electron chi connectivity index (χ3n) is 7.33. The van der Waals surface area contributed by atoms with Crippen molar-refractivity contribution < 1.29 is 24.2 Å². The van der Waals surface area contributed by atoms with Crippen molar-refractivity contribution in [3.8, 4) is 11.5 Å². The summed E-state index contributed by atoms with van der Waals surface area (Å²) in [6.45, 7) is 0.510. The number of hydrogen-bond donors (Lipinski definition) is 4. The smallest absolute Gasteiger partial charge is 0.326 e. The van der Waals surface area contributed by atoms with Crippen LogP contribution in [0.1, 0.15) is 33.9 Å². The first-order valence-electron chi connectivity index (χ1n) is 13.5. The van der Waals surface area contributed by atoms with Gasteiger partial charge in [-0.2, -0.15) is 0 Å². The van der Waals surface area contributed by atoms with Gasteiger partial charge < -0.3 is 30.5 Å². The summed E-state index contributed by atoms with van der Waals surface area (Å²) in [5.41, 5.74) is 10.2. The van der Waals surface area contributed by atoms with Crippen LogP contribution < -0.4 is 20.5 Å². The van der Waals surface area contributed by atoms with E-state index in [1.165, 1.54) is 12.0 Å². The summed E-state index contributed by atoms with van der Waals surface area (Å²) >= 11 is 0. The van der Waals surface area contributed by atoms with E-state index in [1.54, 1.807) is 42.5 Å². The Morgan fingerprint density at radius 1 is 0.976 bits per heavy atom. The minimum Gasteiger partial charge on any atom is -0.493 e. The van der Waals surface area contributed by atoms with Gasteiger partial charge in [0.2, 0.25) is 0 Å². The van der Waals surface area contributed by atoms with Crippen molar-refractivity contribution in [2.45, 2.75) is 31.7 Å². The fraction of sp³-hybridized carbons (Fsp3) is 0.182. The van der Waals surface area contributed by atoms with Gasteiger partial charge >= 0.3 is 5.97 Å². The molecule has 2 unspecified atom stereocenters. The van der Waals surface area contributed by atoms with Crippen LogP contribution in [-0.2, 0) is 29.2 Å². The molecule has 2 atom stereocenters. The number of anilines is 1. The van der Waals surface area contributed by atoms with Crippen LogP contribution >= 0.6 is 0 Å². The molecule has 4 aromatic carbocycles. The van der Waals surface area contributed by atoms with Gasteiger partial charge in [0.25, 0.3) is 5.91 Å². The molecular weight excluding hydrogens is 532 g/mol. The zero-order chi connectivity index (χ0) is 29.6. The summed E-state index contributed by atoms with van der Waals surface area (Å²) < 4.78 is 11.7. The van der Waals surface area contributed by atoms with Gasteiger partial charge in [0.1, 0.15) is 24.5 Å². The van der Waals surface area contributed by atoms with Gasteiger partial charge in [-0.05, 0) is 58.7 Å². The monoisotopic (exact) mass is 564 g/mol. The predicted octanol–water partition coefficient (Wildman–Crippen LogP) is 4.75. The second kappa shape index (κ2) is 12.5. The number of amidine groups is 1. The largest absolute Gasteiger partial charge is 0.493 e. The van der Waals surface area contributed by atoms with E-state index in [9.17, 15) is 14.7 Å². The minimum absolute atomic E-state index is 0.0683. The number of carboxylic acids is 1. The molecule has 0 fully saturated rings. The van der Waals surface area contributed by atoms with Crippen LogP contribution in [0.25, 0.3) is 0 Å². The number of methoxy groups -OCH3 is 1. The molecule has 9 heteroatoms. The summed E-state index contributed by atoms with van der Waals surface area (Å²) in [5.74, 6) is -0.579. The van der Waals surface area contributed by atoms with E-state index < -0.39 is 24.0 Å². The standard InChI is InChI=1S/C33H32N4O5/c1-41-29-18-24(13-16-28(29)42-20-21-7-3-2-4-8-21)30(36-26-14-11-22(12-15-26)31(34)35)32(38)37-19-25-10-6-5-9-23(25)17-27(37)33(39)40/h2-16,18,27,30,36H,17,19-20H2,1H3,(H3,34,35)(H,39,40). The number of carbonyl (C=O) groups excluding carboxylic acids is 1. The normalized spacial score (nSPS) is 14.8. The Hall–Kier alpha value is -5.31. The third kappa shape index (κ3) is 6.20. The lowest BCUT2D eigenvalue weighted by atomic mass is 9.92. The number of nitrogen functional groups attached to an aromatic ring is 1. The molecule has 1 heterocycles. The molecule has 0 radical (unpaired) electrons. The van der Waals surface area contributed by atoms with Crippen molar-refractivity contribution >= 4 is 23.4 Å². The molecule has 9 nitrogen and oxygen atoms in total. The number of benzene rings is 4. The van der Waals surface area contributed by atoms with Gasteiger partial charge in [-0.25, -0.2) is 4.79 Å². The SMILES string of the molecule is COc1cc(C(Nc2ccc(C(=N)N)cc2)C(=O)N2Cc3ccccc3CC2C(=O)O)ccc1OCc1ccccc1. The van der Waals surface area contributed by atoms with Gasteiger partial charge in [-0.1, -0.05) is 60.7 Å². The fourth-order valence-electron chi connectivity index (χ4n) is 5.06. The van der Waals surface area contributed by atoms with Crippen LogP contribution in [0, 0.1) is 5.41 Å². The lowest BCUT2D eigenvalue weighted by molar-refractivity contribution is -0.151. The summed E-state index contributed by atoms with van der Waals surface area (Å²) in [5, 5.41) is 21.1. The third-order valence-corrected chi connectivity index (χ3v) is 7.33. The van der Waals surface area contributed by atoms with E-state index in [-0.39, 0.29) is 18.8 Å². The van der Waals surface area contributed by atoms with Crippen LogP contribution in [0.4, 0.5) is 5.69 Å². The number of fused-ring (bicyclic) bond motifs is 1. The van der Waals surface area contributed by atoms with Gasteiger partial charge in [0.15, 0.2) is 11.5 Å². The first-order chi connectivity index (χ1) is 20.3. The van der Waals surface area contributed by atoms with E-state index in [0.29, 0.717) is 34.9 Å². The summed E-state index contributed by atoms with van der Waals surface area (Å²) in [6, 6.07) is 27.4. The number of aliphatic carboxylic acids is 1. The summed E-state index contributed by atoms with van der Waals surface area (Å²) in [4.78, 5) is 28.0. The van der Waals surface area contributed by atoms with E-state index in [1.807, 2.05) is 54.6 Å². The minimum atomic E-state index is -1.07. The van der Waals surface area contributed by atoms with Gasteiger partial charge in [0, 0.05) is 24.2 Å². The van der Waals surface area contributed by atoms with Crippen LogP contribution in [-0.4, -0.2) is 40.9 Å². The number of amides is 1. The Morgan fingerprint density at radius 3 is 2.33 bits per heavy atom. The van der Waals surface area contributed by atoms with Crippen molar-refractivity contribution in [3.05, 3.63) is 125 Å². The van der Waals surface area contributed by atoms with Crippen molar-refractivity contribution in [3.63, 3.8) is 0 Å². The fourth-order valence-corrected chi connectivity index (χ4v) is 5.06. The maximum atomic E-state index is 14.3. The van der Waals surface area contributed by atoms with Crippen LogP contribution in [0.3, 0.4) is 0 Å². The highest BCUT2D eigenvalue weighted by Gasteiger charge is 2.38. The predicted molar refractivity (Wildman–Crippen MR) is 160 cm³/mol. The second-order valence-corrected chi connectivity index (χ2v) is 10.0. The molecule has 4 aromatic rings. The van der Waals surface area contributed by atoms with Gasteiger partial charge in [-0.15, -0.1) is 0 Å². The number of nitrogens with one attached hydrogen (secondary N) is 2. The number of rotatable bonds is 10. The molecule has 0 aliphatic carbocycles. The highest BCUT2D eigenvalue weighted by atomic mass is 16.5. The maximum Gasteiger partial charge on any atom is 0.326 e. The van der Waals surface area contributed by atoms with E-state index in [0.717, 1.165) is 16.7 Å². The van der Waals surface area contributed by atoms with Crippen LogP contribution in [0.2, 0.25) is 0 Å². The van der Waals surface area contributed by atoms with E-state index in [4.69, 9.17) is 20.6 Å². The number of ether oxygens (including phenoxy) is 2. The molecular formula is C33H32N4O5. The molecule has 214 valence electrons. The topological polar surface area (TPSA) is 138 Å². The highest BCUT2D eigenvalue weighted by molar-refractivity contribution is 5.95. The average molecular weight is 565 g/mol. The van der Waals surface area contributed by atoms with E-state index >= 15 is 0 Å². The molecule has 1 aliphatic rings. The Kier molecular flexibility index (Phi) is 8.38. The van der Waals surface area contributed by atoms with Crippen molar-refractivity contribution in [1.29, 1.82) is 5.41 Å². The zero-order valence-corrected chi connectivity index (χ0v) is 23.1. The van der Waals surface area contributed by atoms with Crippen molar-refractivity contribution in [2.24, 2.45) is 5.73 Å². The highest BCUT2D eigenvalue weighted by Crippen LogP contribution is 2.34. The molecule has 0 spiro atoms. The lowest BCUT2D eigenvalue weighted by Gasteiger charge is -2.37. The molecule has 0 bridgehead atoms. The second-order valence-electron chi connectivity index (χ2n) is 10.0. The number of hydrogen-bond acceptors (Lipinski definition) is 6. The molecule has 1 amide bonds. The van der Waals surface area contributed by atoms with Gasteiger partial charge in [0.05, 0.1) is 7.11 Å². The molecule has 0 saturated heterocycles. The Balaban J connectivity index is 1.49. The molecule has 1 aliphatic heterocycles. The van der Waals surface area contributed by atoms with Crippen LogP contribution in [0.15, 0.2) is 97.1 Å². The molecule has 0 aromatic heterocycles. The maximum absolute atomic E-state index is 14.3. The molecule has 42 heavy (non-hydrogen) atoms. The first kappa shape index (κ1) is 28.2. The van der Waals surface area contributed by atoms with Crippen LogP contribution in [0.5, 0.6) is 11.5 Å². The van der Waals surface area contributed by atoms with Crippen molar-refractivity contribution in [2.75, 3.05) is 12.4 Å². The Morgan fingerprint density at radius 2 is 1.67 bits per heavy atom. The average Bonchev–Trinajstić information content (AvgIpc) is 3.02. The summed E-state index contributed by atoms with van der Waals surface area (Å²) in [6.07, 6.45) is 0.215. The number of nitrogens with zero attached hydrogens (tertiary/aromatic N) is 1. The van der Waals surface area contributed by atoms with E-state index in [2.05, 4.69) is 5.32 Å². The first-order valence-corrected chi connectivity index (χ1v) is 13.5. The quantitative estimate of drug-likeness (QED) is 0.161. The molecule has 5 N–H and O–H groups in total. The van der Waals surface area contributed by atoms with Gasteiger partial charge in [-0.3, -0.25) is 10.2 Å². The Bertz CT molecular complexity index is 1590.